The maximum atomic E-state index is 5.29. The van der Waals surface area contributed by atoms with Crippen LogP contribution >= 0.6 is 11.8 Å². The molecule has 0 radical (unpaired) electrons. The van der Waals surface area contributed by atoms with Gasteiger partial charge in [-0.2, -0.15) is 0 Å². The Kier molecular flexibility index (Phi) is 4.53. The van der Waals surface area contributed by atoms with Gasteiger partial charge in [-0.3, -0.25) is 9.98 Å². The number of fused-ring (bicyclic) bond motifs is 1. The largest absolute Gasteiger partial charge is 0.497 e. The summed E-state index contributed by atoms with van der Waals surface area (Å²) in [6.07, 6.45) is 4.52. The molecule has 3 nitrogen and oxygen atoms in total. The standard InChI is InChI=1S/C21H18N2OS/c1-24-17-8-6-16(7-9-17)21-14-19(15-10-12-22-13-11-15)23-18-4-2-3-5-20(18)25-21/h2-13,21H,14H2,1H3. The van der Waals surface area contributed by atoms with E-state index in [0.29, 0.717) is 5.25 Å². The first-order chi connectivity index (χ1) is 12.3. The zero-order valence-electron chi connectivity index (χ0n) is 13.9. The molecule has 3 aromatic rings. The molecule has 0 fully saturated rings. The van der Waals surface area contributed by atoms with Crippen LogP contribution in [0.15, 0.2) is 82.9 Å². The van der Waals surface area contributed by atoms with E-state index in [0.717, 1.165) is 29.1 Å². The van der Waals surface area contributed by atoms with Crippen molar-refractivity contribution in [3.63, 3.8) is 0 Å². The third-order valence-corrected chi connectivity index (χ3v) is 5.59. The average Bonchev–Trinajstić information content (AvgIpc) is 2.88. The fourth-order valence-corrected chi connectivity index (χ4v) is 4.17. The van der Waals surface area contributed by atoms with Gasteiger partial charge in [0, 0.05) is 34.7 Å². The number of rotatable bonds is 3. The van der Waals surface area contributed by atoms with Crippen molar-refractivity contribution < 1.29 is 4.74 Å². The molecule has 0 saturated carbocycles. The summed E-state index contributed by atoms with van der Waals surface area (Å²) in [4.78, 5) is 10.3. The second-order valence-electron chi connectivity index (χ2n) is 5.85. The topological polar surface area (TPSA) is 34.5 Å². The van der Waals surface area contributed by atoms with Crippen molar-refractivity contribution in [1.29, 1.82) is 0 Å². The van der Waals surface area contributed by atoms with Crippen molar-refractivity contribution in [1.82, 2.24) is 4.98 Å². The first-order valence-corrected chi connectivity index (χ1v) is 9.09. The van der Waals surface area contributed by atoms with Crippen molar-refractivity contribution in [2.45, 2.75) is 16.6 Å². The van der Waals surface area contributed by atoms with Gasteiger partial charge in [-0.1, -0.05) is 24.3 Å². The molecular weight excluding hydrogens is 328 g/mol. The van der Waals surface area contributed by atoms with Crippen molar-refractivity contribution >= 4 is 23.2 Å². The van der Waals surface area contributed by atoms with Gasteiger partial charge in [0.05, 0.1) is 12.8 Å². The normalized spacial score (nSPS) is 16.5. The number of methoxy groups -OCH3 is 1. The first-order valence-electron chi connectivity index (χ1n) is 8.21. The van der Waals surface area contributed by atoms with Gasteiger partial charge in [0.2, 0.25) is 0 Å². The van der Waals surface area contributed by atoms with Gasteiger partial charge in [-0.25, -0.2) is 0 Å². The molecule has 0 bridgehead atoms. The van der Waals surface area contributed by atoms with E-state index in [2.05, 4.69) is 35.3 Å². The summed E-state index contributed by atoms with van der Waals surface area (Å²) >= 11 is 1.87. The highest BCUT2D eigenvalue weighted by molar-refractivity contribution is 7.99. The fraction of sp³-hybridized carbons (Fsp3) is 0.143. The van der Waals surface area contributed by atoms with E-state index in [9.17, 15) is 0 Å². The Bertz CT molecular complexity index is 891. The summed E-state index contributed by atoms with van der Waals surface area (Å²) in [6, 6.07) is 20.8. The molecule has 0 amide bonds. The molecule has 1 aliphatic rings. The maximum Gasteiger partial charge on any atom is 0.118 e. The molecule has 124 valence electrons. The molecule has 2 aromatic carbocycles. The van der Waals surface area contributed by atoms with Gasteiger partial charge in [0.25, 0.3) is 0 Å². The smallest absolute Gasteiger partial charge is 0.118 e. The maximum absolute atomic E-state index is 5.29. The number of para-hydroxylation sites is 1. The summed E-state index contributed by atoms with van der Waals surface area (Å²) in [5.74, 6) is 0.880. The number of aliphatic imine (C=N–C) groups is 1. The third-order valence-electron chi connectivity index (χ3n) is 4.27. The van der Waals surface area contributed by atoms with Gasteiger partial charge >= 0.3 is 0 Å². The minimum absolute atomic E-state index is 0.307. The van der Waals surface area contributed by atoms with Crippen LogP contribution in [0.5, 0.6) is 5.75 Å². The van der Waals surface area contributed by atoms with E-state index in [4.69, 9.17) is 9.73 Å². The lowest BCUT2D eigenvalue weighted by molar-refractivity contribution is 0.414. The van der Waals surface area contributed by atoms with Crippen LogP contribution < -0.4 is 4.74 Å². The van der Waals surface area contributed by atoms with E-state index in [1.54, 1.807) is 7.11 Å². The van der Waals surface area contributed by atoms with Gasteiger partial charge < -0.3 is 4.74 Å². The molecule has 2 heterocycles. The summed E-state index contributed by atoms with van der Waals surface area (Å²) < 4.78 is 5.29. The van der Waals surface area contributed by atoms with Crippen molar-refractivity contribution in [2.75, 3.05) is 7.11 Å². The first kappa shape index (κ1) is 15.9. The molecule has 0 N–H and O–H groups in total. The molecule has 1 aliphatic heterocycles. The molecule has 1 unspecified atom stereocenters. The van der Waals surface area contributed by atoms with Crippen LogP contribution in [0.2, 0.25) is 0 Å². The highest BCUT2D eigenvalue weighted by Gasteiger charge is 2.22. The van der Waals surface area contributed by atoms with E-state index < -0.39 is 0 Å². The highest BCUT2D eigenvalue weighted by atomic mass is 32.2. The number of nitrogens with zero attached hydrogens (tertiary/aromatic N) is 2. The van der Waals surface area contributed by atoms with Crippen molar-refractivity contribution in [3.05, 3.63) is 84.2 Å². The Balaban J connectivity index is 1.76. The Morgan fingerprint density at radius 1 is 0.960 bits per heavy atom. The van der Waals surface area contributed by atoms with Gasteiger partial charge in [0.1, 0.15) is 5.75 Å². The Morgan fingerprint density at radius 3 is 2.48 bits per heavy atom. The second-order valence-corrected chi connectivity index (χ2v) is 7.09. The van der Waals surface area contributed by atoms with Crippen LogP contribution in [-0.4, -0.2) is 17.8 Å². The van der Waals surface area contributed by atoms with Crippen LogP contribution in [0, 0.1) is 0 Å². The number of aromatic nitrogens is 1. The highest BCUT2D eigenvalue weighted by Crippen LogP contribution is 2.45. The molecule has 0 aliphatic carbocycles. The molecule has 0 saturated heterocycles. The SMILES string of the molecule is COc1ccc(C2CC(c3ccncc3)=Nc3ccccc3S2)cc1. The number of benzene rings is 2. The molecule has 1 aromatic heterocycles. The number of hydrogen-bond acceptors (Lipinski definition) is 4. The summed E-state index contributed by atoms with van der Waals surface area (Å²) in [7, 11) is 1.69. The molecule has 4 heteroatoms. The average molecular weight is 346 g/mol. The Labute approximate surface area is 151 Å². The molecule has 0 spiro atoms. The van der Waals surface area contributed by atoms with E-state index >= 15 is 0 Å². The fourth-order valence-electron chi connectivity index (χ4n) is 2.94. The van der Waals surface area contributed by atoms with Gasteiger partial charge in [-0.15, -0.1) is 11.8 Å². The van der Waals surface area contributed by atoms with Crippen molar-refractivity contribution in [3.8, 4) is 5.75 Å². The number of pyridine rings is 1. The minimum atomic E-state index is 0.307. The number of thioether (sulfide) groups is 1. The summed E-state index contributed by atoms with van der Waals surface area (Å²) in [6.45, 7) is 0. The zero-order chi connectivity index (χ0) is 17.1. The van der Waals surface area contributed by atoms with Gasteiger partial charge in [-0.05, 0) is 47.5 Å². The van der Waals surface area contributed by atoms with E-state index in [-0.39, 0.29) is 0 Å². The Morgan fingerprint density at radius 2 is 1.72 bits per heavy atom. The van der Waals surface area contributed by atoms with Crippen LogP contribution in [0.25, 0.3) is 0 Å². The van der Waals surface area contributed by atoms with E-state index in [1.165, 1.54) is 10.5 Å². The number of hydrogen-bond donors (Lipinski definition) is 0. The Hall–Kier alpha value is -2.59. The second kappa shape index (κ2) is 7.11. The molecular formula is C21H18N2OS. The quantitative estimate of drug-likeness (QED) is 0.632. The van der Waals surface area contributed by atoms with Crippen molar-refractivity contribution in [2.24, 2.45) is 4.99 Å². The molecule has 1 atom stereocenters. The van der Waals surface area contributed by atoms with Crippen LogP contribution in [0.1, 0.15) is 22.8 Å². The van der Waals surface area contributed by atoms with Gasteiger partial charge in [0.15, 0.2) is 0 Å². The summed E-state index contributed by atoms with van der Waals surface area (Å²) in [5.41, 5.74) is 4.55. The molecule has 25 heavy (non-hydrogen) atoms. The van der Waals surface area contributed by atoms with Crippen LogP contribution in [0.4, 0.5) is 5.69 Å². The zero-order valence-corrected chi connectivity index (χ0v) is 14.7. The van der Waals surface area contributed by atoms with Crippen LogP contribution in [-0.2, 0) is 0 Å². The number of ether oxygens (including phenoxy) is 1. The lowest BCUT2D eigenvalue weighted by Gasteiger charge is -2.16. The predicted octanol–water partition coefficient (Wildman–Crippen LogP) is 5.45. The lowest BCUT2D eigenvalue weighted by Crippen LogP contribution is -2.05. The lowest BCUT2D eigenvalue weighted by atomic mass is 10.0. The third kappa shape index (κ3) is 3.44. The van der Waals surface area contributed by atoms with E-state index in [1.807, 2.05) is 54.5 Å². The minimum Gasteiger partial charge on any atom is -0.497 e. The predicted molar refractivity (Wildman–Crippen MR) is 103 cm³/mol. The molecule has 4 rings (SSSR count). The monoisotopic (exact) mass is 346 g/mol. The summed E-state index contributed by atoms with van der Waals surface area (Å²) in [5, 5.41) is 0.307. The van der Waals surface area contributed by atoms with Crippen LogP contribution in [0.3, 0.4) is 0 Å².